The predicted molar refractivity (Wildman–Crippen MR) is 132 cm³/mol. The Hall–Kier alpha value is -2.42. The molecule has 36 heavy (non-hydrogen) atoms. The number of pyridine rings is 1. The Morgan fingerprint density at radius 1 is 1.31 bits per heavy atom. The first-order valence-electron chi connectivity index (χ1n) is 12.8. The Morgan fingerprint density at radius 2 is 2.08 bits per heavy atom. The molecule has 0 amide bonds. The molecule has 7 nitrogen and oxygen atoms in total. The molecule has 3 saturated carbocycles. The lowest BCUT2D eigenvalue weighted by atomic mass is 9.48. The van der Waals surface area contributed by atoms with Crippen LogP contribution in [0.1, 0.15) is 50.7 Å². The Balaban J connectivity index is 1.39. The number of halogens is 1. The fourth-order valence-electron chi connectivity index (χ4n) is 7.66. The van der Waals surface area contributed by atoms with E-state index in [9.17, 15) is 20.1 Å². The van der Waals surface area contributed by atoms with Crippen LogP contribution < -0.4 is 0 Å². The molecule has 4 aliphatic carbocycles. The highest BCUT2D eigenvalue weighted by atomic mass is 19.1. The Kier molecular flexibility index (Phi) is 6.21. The lowest BCUT2D eigenvalue weighted by Crippen LogP contribution is -2.66. The predicted octanol–water partition coefficient (Wildman–Crippen LogP) is 3.21. The fraction of sp³-hybridized carbons (Fsp3) is 0.607. The Morgan fingerprint density at radius 3 is 2.81 bits per heavy atom. The van der Waals surface area contributed by atoms with Gasteiger partial charge in [-0.3, -0.25) is 9.78 Å². The molecule has 4 aliphatic rings. The molecule has 0 spiro atoms. The monoisotopic (exact) mass is 498 g/mol. The van der Waals surface area contributed by atoms with Crippen molar-refractivity contribution in [3.63, 3.8) is 0 Å². The van der Waals surface area contributed by atoms with Gasteiger partial charge >= 0.3 is 0 Å². The Bertz CT molecular complexity index is 1150. The molecule has 0 aliphatic heterocycles. The molecule has 3 fully saturated rings. The molecule has 0 bridgehead atoms. The van der Waals surface area contributed by atoms with Gasteiger partial charge in [-0.05, 0) is 75.1 Å². The van der Waals surface area contributed by atoms with E-state index in [0.29, 0.717) is 25.0 Å². The molecule has 3 N–H and O–H groups in total. The third-order valence-corrected chi connectivity index (χ3v) is 9.50. The number of hydrogen-bond acceptors (Lipinski definition) is 7. The number of allylic oxidation sites excluding steroid dienone is 4. The summed E-state index contributed by atoms with van der Waals surface area (Å²) in [7, 11) is 0. The second kappa shape index (κ2) is 8.85. The van der Waals surface area contributed by atoms with Crippen LogP contribution in [0.2, 0.25) is 0 Å². The zero-order valence-electron chi connectivity index (χ0n) is 21.0. The number of carbonyl (C=O) groups is 1. The van der Waals surface area contributed by atoms with Gasteiger partial charge in [-0.2, -0.15) is 0 Å². The van der Waals surface area contributed by atoms with Gasteiger partial charge in [0.15, 0.2) is 11.5 Å². The molecule has 194 valence electrons. The largest absolute Gasteiger partial charge is 0.390 e. The van der Waals surface area contributed by atoms with Crippen molar-refractivity contribution in [3.05, 3.63) is 53.4 Å². The fourth-order valence-corrected chi connectivity index (χ4v) is 7.66. The summed E-state index contributed by atoms with van der Waals surface area (Å²) < 4.78 is 17.2. The maximum Gasteiger partial charge on any atom is 0.190 e. The van der Waals surface area contributed by atoms with Gasteiger partial charge in [0.25, 0.3) is 0 Å². The third-order valence-electron chi connectivity index (χ3n) is 9.50. The molecule has 8 atom stereocenters. The van der Waals surface area contributed by atoms with Crippen LogP contribution >= 0.6 is 0 Å². The molecule has 1 unspecified atom stereocenters. The average Bonchev–Trinajstić information content (AvgIpc) is 3.10. The average molecular weight is 499 g/mol. The van der Waals surface area contributed by atoms with Gasteiger partial charge in [-0.25, -0.2) is 4.39 Å². The quantitative estimate of drug-likeness (QED) is 0.538. The normalized spacial score (nSPS) is 42.4. The van der Waals surface area contributed by atoms with Crippen molar-refractivity contribution in [2.45, 2.75) is 70.4 Å². The van der Waals surface area contributed by atoms with E-state index in [0.717, 1.165) is 16.7 Å². The smallest absolute Gasteiger partial charge is 0.190 e. The summed E-state index contributed by atoms with van der Waals surface area (Å²) >= 11 is 0. The first kappa shape index (κ1) is 25.2. The lowest BCUT2D eigenvalue weighted by molar-refractivity contribution is -0.191. The minimum absolute atomic E-state index is 0.0183. The number of aliphatic hydroxyl groups excluding tert-OH is 2. The van der Waals surface area contributed by atoms with Crippen LogP contribution in [0.25, 0.3) is 0 Å². The number of aromatic nitrogens is 1. The molecular formula is C28H35FN2O5. The van der Waals surface area contributed by atoms with Crippen molar-refractivity contribution >= 4 is 11.5 Å². The van der Waals surface area contributed by atoms with Crippen LogP contribution in [0.5, 0.6) is 0 Å². The summed E-state index contributed by atoms with van der Waals surface area (Å²) in [4.78, 5) is 22.2. The van der Waals surface area contributed by atoms with Crippen molar-refractivity contribution in [2.24, 2.45) is 34.2 Å². The van der Waals surface area contributed by atoms with Gasteiger partial charge in [0.2, 0.25) is 0 Å². The standard InChI is InChI=1S/C28H35FN2O5/c1-16-8-18(13-30-12-16)15-36-31-20-6-7-26(3)19(10-20)4-5-22-21-9-17(2)27(35,25(34)14-32)23(21)11-24(33)28(22,26)29/h6-8,10,12-13,17,21-24,32-33,35H,4-5,9,11,14-15H2,1-3H3/b31-20+/t17-,21+,22+,23?,24+,26+,27-,28+/m1/s1. The molecule has 5 rings (SSSR count). The van der Waals surface area contributed by atoms with Gasteiger partial charge < -0.3 is 20.2 Å². The van der Waals surface area contributed by atoms with Crippen molar-refractivity contribution in [3.8, 4) is 0 Å². The molecule has 1 heterocycles. The lowest BCUT2D eigenvalue weighted by Gasteiger charge is -2.59. The number of alkyl halides is 1. The van der Waals surface area contributed by atoms with Gasteiger partial charge in [-0.15, -0.1) is 0 Å². The number of Topliss-reactive ketones (excluding diaryl/α,β-unsaturated/α-hetero) is 1. The van der Waals surface area contributed by atoms with Crippen molar-refractivity contribution < 1.29 is 29.3 Å². The first-order valence-corrected chi connectivity index (χ1v) is 12.8. The van der Waals surface area contributed by atoms with Crippen molar-refractivity contribution in [1.82, 2.24) is 4.98 Å². The zero-order valence-corrected chi connectivity index (χ0v) is 21.0. The van der Waals surface area contributed by atoms with Crippen LogP contribution in [0.3, 0.4) is 0 Å². The molecule has 8 heteroatoms. The number of hydrogen-bond donors (Lipinski definition) is 3. The minimum atomic E-state index is -1.94. The molecule has 0 aromatic carbocycles. The molecular weight excluding hydrogens is 463 g/mol. The van der Waals surface area contributed by atoms with Crippen LogP contribution in [-0.4, -0.2) is 55.8 Å². The summed E-state index contributed by atoms with van der Waals surface area (Å²) in [5.41, 5.74) is -1.32. The SMILES string of the molecule is Cc1cncc(CO/N=C2\C=C[C@@]3(C)C(=C2)CC[C@H]2[C@@H]4C[C@@H](C)[C@](O)(C(=O)CO)C4C[C@H](O)[C@@]23F)c1. The minimum Gasteiger partial charge on any atom is -0.390 e. The van der Waals surface area contributed by atoms with E-state index in [-0.39, 0.29) is 18.9 Å². The maximum absolute atomic E-state index is 17.2. The topological polar surface area (TPSA) is 112 Å². The number of aryl methyl sites for hydroxylation is 1. The number of aliphatic hydroxyl groups is 3. The second-order valence-electron chi connectivity index (χ2n) is 11.3. The molecule has 1 aromatic heterocycles. The highest BCUT2D eigenvalue weighted by molar-refractivity contribution is 6.05. The highest BCUT2D eigenvalue weighted by Crippen LogP contribution is 2.66. The number of oxime groups is 1. The second-order valence-corrected chi connectivity index (χ2v) is 11.3. The summed E-state index contributed by atoms with van der Waals surface area (Å²) in [5.74, 6) is -2.37. The number of nitrogens with zero attached hydrogens (tertiary/aromatic N) is 2. The molecule has 0 radical (unpaired) electrons. The summed E-state index contributed by atoms with van der Waals surface area (Å²) in [6, 6.07) is 1.98. The van der Waals surface area contributed by atoms with E-state index in [1.807, 2.05) is 26.0 Å². The Labute approximate surface area is 210 Å². The van der Waals surface area contributed by atoms with E-state index in [1.165, 1.54) is 0 Å². The van der Waals surface area contributed by atoms with Gasteiger partial charge in [0, 0.05) is 35.2 Å². The van der Waals surface area contributed by atoms with E-state index in [2.05, 4.69) is 10.1 Å². The number of ketones is 1. The van der Waals surface area contributed by atoms with E-state index in [1.54, 1.807) is 31.5 Å². The number of fused-ring (bicyclic) bond motifs is 5. The maximum atomic E-state index is 17.2. The highest BCUT2D eigenvalue weighted by Gasteiger charge is 2.71. The van der Waals surface area contributed by atoms with E-state index < -0.39 is 52.9 Å². The molecule has 1 aromatic rings. The van der Waals surface area contributed by atoms with Crippen molar-refractivity contribution in [1.29, 1.82) is 0 Å². The van der Waals surface area contributed by atoms with Crippen LogP contribution in [0.15, 0.2) is 47.4 Å². The number of carbonyl (C=O) groups excluding carboxylic acids is 1. The number of rotatable bonds is 5. The summed E-state index contributed by atoms with van der Waals surface area (Å²) in [6.07, 6.45) is 9.12. The van der Waals surface area contributed by atoms with E-state index >= 15 is 4.39 Å². The molecule has 0 saturated heterocycles. The van der Waals surface area contributed by atoms with Crippen LogP contribution in [0.4, 0.5) is 4.39 Å². The van der Waals surface area contributed by atoms with Crippen LogP contribution in [0, 0.1) is 36.0 Å². The van der Waals surface area contributed by atoms with Gasteiger partial charge in [-0.1, -0.05) is 23.7 Å². The van der Waals surface area contributed by atoms with E-state index in [4.69, 9.17) is 4.84 Å². The summed E-state index contributed by atoms with van der Waals surface area (Å²) in [6.45, 7) is 5.08. The third kappa shape index (κ3) is 3.52. The summed E-state index contributed by atoms with van der Waals surface area (Å²) in [5, 5.41) is 36.3. The zero-order chi connectivity index (χ0) is 25.9. The van der Waals surface area contributed by atoms with Crippen molar-refractivity contribution in [2.75, 3.05) is 6.61 Å². The first-order chi connectivity index (χ1) is 17.1. The van der Waals surface area contributed by atoms with Crippen LogP contribution in [-0.2, 0) is 16.2 Å². The van der Waals surface area contributed by atoms with Gasteiger partial charge in [0.1, 0.15) is 24.5 Å². The van der Waals surface area contributed by atoms with Gasteiger partial charge in [0.05, 0.1) is 6.10 Å².